The molecule has 0 aromatic heterocycles. The number of hydrogen-bond donors (Lipinski definition) is 1. The zero-order valence-electron chi connectivity index (χ0n) is 10.7. The van der Waals surface area contributed by atoms with Crippen LogP contribution in [-0.4, -0.2) is 13.6 Å². The predicted octanol–water partition coefficient (Wildman–Crippen LogP) is 3.86. The Hall–Kier alpha value is -0.890. The molecule has 0 atom stereocenters. The highest BCUT2D eigenvalue weighted by atomic mass is 35.5. The quantitative estimate of drug-likeness (QED) is 0.828. The van der Waals surface area contributed by atoms with Gasteiger partial charge in [-0.25, -0.2) is 0 Å². The summed E-state index contributed by atoms with van der Waals surface area (Å²) in [5, 5.41) is 0.799. The van der Waals surface area contributed by atoms with E-state index in [2.05, 4.69) is 11.9 Å². The lowest BCUT2D eigenvalue weighted by atomic mass is 10.1. The lowest BCUT2D eigenvalue weighted by Crippen LogP contribution is -2.25. The van der Waals surface area contributed by atoms with Gasteiger partial charge in [-0.05, 0) is 43.4 Å². The summed E-state index contributed by atoms with van der Waals surface area (Å²) in [7, 11) is 2.12. The van der Waals surface area contributed by atoms with Gasteiger partial charge in [0.2, 0.25) is 0 Å². The minimum Gasteiger partial charge on any atom is -0.397 e. The highest BCUT2D eigenvalue weighted by Crippen LogP contribution is 2.34. The van der Waals surface area contributed by atoms with Crippen molar-refractivity contribution in [3.8, 4) is 0 Å². The molecule has 1 aromatic rings. The van der Waals surface area contributed by atoms with E-state index in [9.17, 15) is 0 Å². The Morgan fingerprint density at radius 1 is 1.35 bits per heavy atom. The fraction of sp³-hybridized carbons (Fsp3) is 0.571. The van der Waals surface area contributed by atoms with Gasteiger partial charge in [-0.2, -0.15) is 0 Å². The molecule has 2 nitrogen and oxygen atoms in total. The van der Waals surface area contributed by atoms with Crippen LogP contribution in [0, 0.1) is 12.8 Å². The minimum absolute atomic E-state index is 0.799. The standard InChI is InChI=1S/C14H21ClN2/c1-10-12(15)7-8-13(16)14(10)17(2)9-11-5-3-4-6-11/h7-8,11H,3-6,9,16H2,1-2H3. The van der Waals surface area contributed by atoms with Gasteiger partial charge in [0.05, 0.1) is 11.4 Å². The number of anilines is 2. The highest BCUT2D eigenvalue weighted by Gasteiger charge is 2.19. The molecule has 3 heteroatoms. The Labute approximate surface area is 109 Å². The smallest absolute Gasteiger partial charge is 0.0642 e. The molecule has 0 spiro atoms. The first-order valence-corrected chi connectivity index (χ1v) is 6.73. The second kappa shape index (κ2) is 5.18. The molecule has 1 saturated carbocycles. The van der Waals surface area contributed by atoms with Gasteiger partial charge in [-0.1, -0.05) is 24.4 Å². The third-order valence-electron chi connectivity index (χ3n) is 3.78. The maximum atomic E-state index is 6.16. The number of halogens is 1. The van der Waals surface area contributed by atoms with E-state index in [0.29, 0.717) is 0 Å². The van der Waals surface area contributed by atoms with E-state index in [1.54, 1.807) is 0 Å². The van der Waals surface area contributed by atoms with Gasteiger partial charge < -0.3 is 10.6 Å². The predicted molar refractivity (Wildman–Crippen MR) is 75.8 cm³/mol. The highest BCUT2D eigenvalue weighted by molar-refractivity contribution is 6.31. The van der Waals surface area contributed by atoms with Gasteiger partial charge in [-0.15, -0.1) is 0 Å². The summed E-state index contributed by atoms with van der Waals surface area (Å²) in [4.78, 5) is 2.27. The van der Waals surface area contributed by atoms with Crippen molar-refractivity contribution in [2.24, 2.45) is 5.92 Å². The van der Waals surface area contributed by atoms with E-state index in [4.69, 9.17) is 17.3 Å². The lowest BCUT2D eigenvalue weighted by molar-refractivity contribution is 0.547. The fourth-order valence-corrected chi connectivity index (χ4v) is 3.03. The van der Waals surface area contributed by atoms with Crippen LogP contribution in [-0.2, 0) is 0 Å². The molecule has 0 saturated heterocycles. The van der Waals surface area contributed by atoms with E-state index >= 15 is 0 Å². The van der Waals surface area contributed by atoms with Crippen LogP contribution in [0.3, 0.4) is 0 Å². The average Bonchev–Trinajstić information content (AvgIpc) is 2.77. The Morgan fingerprint density at radius 2 is 2.00 bits per heavy atom. The van der Waals surface area contributed by atoms with Crippen molar-refractivity contribution in [1.29, 1.82) is 0 Å². The molecule has 0 unspecified atom stereocenters. The van der Waals surface area contributed by atoms with Gasteiger partial charge in [-0.3, -0.25) is 0 Å². The summed E-state index contributed by atoms with van der Waals surface area (Å²) in [5.74, 6) is 0.817. The number of hydrogen-bond acceptors (Lipinski definition) is 2. The van der Waals surface area contributed by atoms with Crippen molar-refractivity contribution < 1.29 is 0 Å². The van der Waals surface area contributed by atoms with Gasteiger partial charge in [0.15, 0.2) is 0 Å². The lowest BCUT2D eigenvalue weighted by Gasteiger charge is -2.26. The summed E-state index contributed by atoms with van der Waals surface area (Å²) in [6.45, 7) is 3.13. The molecule has 1 aliphatic carbocycles. The maximum Gasteiger partial charge on any atom is 0.0642 e. The van der Waals surface area contributed by atoms with Crippen molar-refractivity contribution in [2.45, 2.75) is 32.6 Å². The molecule has 17 heavy (non-hydrogen) atoms. The number of benzene rings is 1. The first kappa shape index (κ1) is 12.6. The molecule has 1 fully saturated rings. The molecule has 0 bridgehead atoms. The molecule has 0 amide bonds. The van der Waals surface area contributed by atoms with E-state index in [0.717, 1.165) is 34.4 Å². The molecule has 0 heterocycles. The van der Waals surface area contributed by atoms with E-state index < -0.39 is 0 Å². The summed E-state index contributed by atoms with van der Waals surface area (Å²) in [5.41, 5.74) is 9.08. The Bertz CT molecular complexity index is 397. The van der Waals surface area contributed by atoms with Crippen LogP contribution >= 0.6 is 11.6 Å². The summed E-state index contributed by atoms with van der Waals surface area (Å²) >= 11 is 6.16. The molecule has 94 valence electrons. The Morgan fingerprint density at radius 3 is 2.65 bits per heavy atom. The first-order chi connectivity index (χ1) is 8.09. The molecule has 1 aromatic carbocycles. The fourth-order valence-electron chi connectivity index (χ4n) is 2.87. The zero-order chi connectivity index (χ0) is 12.4. The van der Waals surface area contributed by atoms with Gasteiger partial charge in [0.25, 0.3) is 0 Å². The first-order valence-electron chi connectivity index (χ1n) is 6.35. The van der Waals surface area contributed by atoms with Gasteiger partial charge >= 0.3 is 0 Å². The number of nitrogens with zero attached hydrogens (tertiary/aromatic N) is 1. The van der Waals surface area contributed by atoms with Gasteiger partial charge in [0.1, 0.15) is 0 Å². The van der Waals surface area contributed by atoms with Crippen molar-refractivity contribution >= 4 is 23.0 Å². The molecular formula is C14H21ClN2. The number of nitrogen functional groups attached to an aromatic ring is 1. The Kier molecular flexibility index (Phi) is 3.82. The van der Waals surface area contributed by atoms with E-state index in [1.165, 1.54) is 25.7 Å². The molecule has 2 rings (SSSR count). The molecule has 0 aliphatic heterocycles. The van der Waals surface area contributed by atoms with Crippen LogP contribution in [0.2, 0.25) is 5.02 Å². The topological polar surface area (TPSA) is 29.3 Å². The minimum atomic E-state index is 0.799. The largest absolute Gasteiger partial charge is 0.397 e. The third-order valence-corrected chi connectivity index (χ3v) is 4.19. The zero-order valence-corrected chi connectivity index (χ0v) is 11.4. The van der Waals surface area contributed by atoms with Crippen LogP contribution in [0.1, 0.15) is 31.2 Å². The van der Waals surface area contributed by atoms with Crippen LogP contribution in [0.25, 0.3) is 0 Å². The SMILES string of the molecule is Cc1c(Cl)ccc(N)c1N(C)CC1CCCC1. The third kappa shape index (κ3) is 2.68. The summed E-state index contributed by atoms with van der Waals surface area (Å²) in [6, 6.07) is 3.77. The number of nitrogens with two attached hydrogens (primary N) is 1. The molecular weight excluding hydrogens is 232 g/mol. The maximum absolute atomic E-state index is 6.16. The van der Waals surface area contributed by atoms with Crippen LogP contribution in [0.4, 0.5) is 11.4 Å². The van der Waals surface area contributed by atoms with Crippen LogP contribution in [0.15, 0.2) is 12.1 Å². The van der Waals surface area contributed by atoms with Crippen molar-refractivity contribution in [1.82, 2.24) is 0 Å². The van der Waals surface area contributed by atoms with Crippen molar-refractivity contribution in [3.63, 3.8) is 0 Å². The van der Waals surface area contributed by atoms with Crippen molar-refractivity contribution in [3.05, 3.63) is 22.7 Å². The normalized spacial score (nSPS) is 16.4. The number of rotatable bonds is 3. The Balaban J connectivity index is 2.17. The molecule has 0 radical (unpaired) electrons. The van der Waals surface area contributed by atoms with Crippen LogP contribution in [0.5, 0.6) is 0 Å². The molecule has 1 aliphatic rings. The summed E-state index contributed by atoms with van der Waals surface area (Å²) in [6.07, 6.45) is 5.46. The summed E-state index contributed by atoms with van der Waals surface area (Å²) < 4.78 is 0. The second-order valence-corrected chi connectivity index (χ2v) is 5.55. The van der Waals surface area contributed by atoms with Crippen LogP contribution < -0.4 is 10.6 Å². The van der Waals surface area contributed by atoms with Gasteiger partial charge in [0, 0.05) is 18.6 Å². The average molecular weight is 253 g/mol. The van der Waals surface area contributed by atoms with E-state index in [-0.39, 0.29) is 0 Å². The monoisotopic (exact) mass is 252 g/mol. The molecule has 2 N–H and O–H groups in total. The second-order valence-electron chi connectivity index (χ2n) is 5.14. The van der Waals surface area contributed by atoms with E-state index in [1.807, 2.05) is 19.1 Å². The van der Waals surface area contributed by atoms with Crippen molar-refractivity contribution in [2.75, 3.05) is 24.2 Å².